The average molecular weight is 473 g/mol. The Hall–Kier alpha value is -0.383. The molecule has 0 bridgehead atoms. The molecule has 3 saturated carbocycles. The Morgan fingerprint density at radius 1 is 1.06 bits per heavy atom. The molecule has 188 valence electrons. The predicted octanol–water partition coefficient (Wildman–Crippen LogP) is 8.28. The van der Waals surface area contributed by atoms with Gasteiger partial charge in [0.2, 0.25) is 0 Å². The standard InChI is InChI=1S/C30H52O2Si/c1-9-10-21(20-31)25-13-14-26-24-12-11-22-19-23(32-33(7,8)28(2,3)4)15-17-29(22,5)27(24)16-18-30(25,26)6/h11-12,21,23,25-27,31H,9-10,13-20H2,1-8H3/t21-,23-,25+,26-,27-,29-,30+/m0/s1. The van der Waals surface area contributed by atoms with Crippen molar-refractivity contribution in [1.29, 1.82) is 0 Å². The van der Waals surface area contributed by atoms with Gasteiger partial charge in [-0.2, -0.15) is 0 Å². The van der Waals surface area contributed by atoms with Gasteiger partial charge in [0, 0.05) is 12.7 Å². The number of hydrogen-bond acceptors (Lipinski definition) is 2. The van der Waals surface area contributed by atoms with E-state index in [0.29, 0.717) is 35.4 Å². The first-order chi connectivity index (χ1) is 15.4. The van der Waals surface area contributed by atoms with E-state index in [2.05, 4.69) is 66.8 Å². The zero-order valence-corrected chi connectivity index (χ0v) is 24.0. The summed E-state index contributed by atoms with van der Waals surface area (Å²) >= 11 is 0. The molecule has 0 aliphatic heterocycles. The molecule has 0 aromatic heterocycles. The molecule has 0 spiro atoms. The van der Waals surface area contributed by atoms with Crippen molar-refractivity contribution in [2.75, 3.05) is 6.61 Å². The van der Waals surface area contributed by atoms with E-state index in [9.17, 15) is 5.11 Å². The summed E-state index contributed by atoms with van der Waals surface area (Å²) < 4.78 is 6.89. The number of fused-ring (bicyclic) bond motifs is 5. The van der Waals surface area contributed by atoms with Gasteiger partial charge in [-0.15, -0.1) is 0 Å². The van der Waals surface area contributed by atoms with Crippen LogP contribution in [0.1, 0.15) is 99.3 Å². The fourth-order valence-electron chi connectivity index (χ4n) is 8.27. The molecule has 1 N–H and O–H groups in total. The van der Waals surface area contributed by atoms with Crippen LogP contribution < -0.4 is 0 Å². The van der Waals surface area contributed by atoms with E-state index in [1.807, 2.05) is 0 Å². The van der Waals surface area contributed by atoms with E-state index in [-0.39, 0.29) is 5.04 Å². The van der Waals surface area contributed by atoms with E-state index >= 15 is 0 Å². The summed E-state index contributed by atoms with van der Waals surface area (Å²) in [4.78, 5) is 0. The van der Waals surface area contributed by atoms with Gasteiger partial charge in [-0.05, 0) is 104 Å². The van der Waals surface area contributed by atoms with Gasteiger partial charge in [-0.25, -0.2) is 0 Å². The Balaban J connectivity index is 1.56. The fourth-order valence-corrected chi connectivity index (χ4v) is 9.66. The van der Waals surface area contributed by atoms with E-state index < -0.39 is 8.32 Å². The molecule has 0 aromatic rings. The molecule has 0 radical (unpaired) electrons. The molecule has 0 saturated heterocycles. The highest BCUT2D eigenvalue weighted by molar-refractivity contribution is 6.74. The minimum absolute atomic E-state index is 0.277. The van der Waals surface area contributed by atoms with Crippen LogP contribution in [0.3, 0.4) is 0 Å². The second kappa shape index (κ2) is 8.93. The van der Waals surface area contributed by atoms with Crippen LogP contribution in [-0.2, 0) is 4.43 Å². The summed E-state index contributed by atoms with van der Waals surface area (Å²) in [6.07, 6.45) is 16.8. The number of hydrogen-bond donors (Lipinski definition) is 1. The minimum Gasteiger partial charge on any atom is -0.414 e. The zero-order chi connectivity index (χ0) is 24.2. The van der Waals surface area contributed by atoms with Crippen LogP contribution in [0.15, 0.2) is 23.3 Å². The smallest absolute Gasteiger partial charge is 0.192 e. The van der Waals surface area contributed by atoms with Crippen molar-refractivity contribution < 1.29 is 9.53 Å². The third-order valence-corrected chi connectivity index (χ3v) is 15.9. The van der Waals surface area contributed by atoms with Crippen molar-refractivity contribution in [1.82, 2.24) is 0 Å². The van der Waals surface area contributed by atoms with Crippen molar-refractivity contribution in [3.63, 3.8) is 0 Å². The summed E-state index contributed by atoms with van der Waals surface area (Å²) in [6.45, 7) is 19.7. The molecule has 33 heavy (non-hydrogen) atoms. The quantitative estimate of drug-likeness (QED) is 0.394. The van der Waals surface area contributed by atoms with Gasteiger partial charge in [-0.3, -0.25) is 0 Å². The van der Waals surface area contributed by atoms with Crippen molar-refractivity contribution in [3.8, 4) is 0 Å². The molecule has 4 aliphatic rings. The van der Waals surface area contributed by atoms with Crippen molar-refractivity contribution in [2.45, 2.75) is 124 Å². The Morgan fingerprint density at radius 3 is 2.42 bits per heavy atom. The van der Waals surface area contributed by atoms with Gasteiger partial charge in [-0.1, -0.05) is 71.3 Å². The molecule has 3 heteroatoms. The Kier molecular flexibility index (Phi) is 6.95. The summed E-state index contributed by atoms with van der Waals surface area (Å²) in [5, 5.41) is 10.4. The van der Waals surface area contributed by atoms with Crippen LogP contribution in [0, 0.1) is 34.5 Å². The molecule has 0 heterocycles. The van der Waals surface area contributed by atoms with Gasteiger partial charge in [0.15, 0.2) is 8.32 Å². The first-order valence-electron chi connectivity index (χ1n) is 14.1. The van der Waals surface area contributed by atoms with Crippen molar-refractivity contribution in [3.05, 3.63) is 23.3 Å². The monoisotopic (exact) mass is 472 g/mol. The van der Waals surface area contributed by atoms with Gasteiger partial charge >= 0.3 is 0 Å². The van der Waals surface area contributed by atoms with Crippen molar-refractivity contribution >= 4 is 8.32 Å². The SMILES string of the molecule is CCC[C@@H](CO)[C@H]1CC[C@H]2C3=CC=C4C[C@@H](O[Si](C)(C)C(C)(C)C)CC[C@]4(C)[C@H]3CC[C@]12C. The Morgan fingerprint density at radius 2 is 1.79 bits per heavy atom. The number of aliphatic hydroxyl groups is 1. The van der Waals surface area contributed by atoms with Crippen LogP contribution in [0.4, 0.5) is 0 Å². The molecule has 3 fully saturated rings. The largest absolute Gasteiger partial charge is 0.414 e. The van der Waals surface area contributed by atoms with Crippen LogP contribution in [-0.4, -0.2) is 26.1 Å². The van der Waals surface area contributed by atoms with Gasteiger partial charge in [0.25, 0.3) is 0 Å². The Bertz CT molecular complexity index is 790. The molecular weight excluding hydrogens is 420 g/mol. The first kappa shape index (κ1) is 25.7. The van der Waals surface area contributed by atoms with E-state index in [1.54, 1.807) is 11.1 Å². The Labute approximate surface area is 205 Å². The summed E-state index contributed by atoms with van der Waals surface area (Å²) in [5.74, 6) is 2.64. The summed E-state index contributed by atoms with van der Waals surface area (Å²) in [7, 11) is -1.73. The highest BCUT2D eigenvalue weighted by Crippen LogP contribution is 2.66. The molecule has 0 amide bonds. The lowest BCUT2D eigenvalue weighted by molar-refractivity contribution is 0.0200. The van der Waals surface area contributed by atoms with Gasteiger partial charge < -0.3 is 9.53 Å². The van der Waals surface area contributed by atoms with Gasteiger partial charge in [0.05, 0.1) is 0 Å². The number of allylic oxidation sites excluding steroid dienone is 3. The number of rotatable bonds is 6. The second-order valence-electron chi connectivity index (χ2n) is 14.1. The molecule has 4 rings (SSSR count). The lowest BCUT2D eigenvalue weighted by Crippen LogP contribution is -2.49. The maximum absolute atomic E-state index is 10.2. The lowest BCUT2D eigenvalue weighted by atomic mass is 9.50. The van der Waals surface area contributed by atoms with Crippen LogP contribution in [0.2, 0.25) is 18.1 Å². The maximum atomic E-state index is 10.2. The normalized spacial score (nSPS) is 39.8. The molecular formula is C30H52O2Si. The maximum Gasteiger partial charge on any atom is 0.192 e. The van der Waals surface area contributed by atoms with Crippen LogP contribution >= 0.6 is 0 Å². The van der Waals surface area contributed by atoms with Gasteiger partial charge in [0.1, 0.15) is 0 Å². The average Bonchev–Trinajstić information content (AvgIpc) is 3.08. The number of aliphatic hydroxyl groups excluding tert-OH is 1. The molecule has 0 unspecified atom stereocenters. The van der Waals surface area contributed by atoms with E-state index in [0.717, 1.165) is 18.3 Å². The van der Waals surface area contributed by atoms with E-state index in [4.69, 9.17) is 4.43 Å². The predicted molar refractivity (Wildman–Crippen MR) is 143 cm³/mol. The van der Waals surface area contributed by atoms with Crippen LogP contribution in [0.5, 0.6) is 0 Å². The highest BCUT2D eigenvalue weighted by atomic mass is 28.4. The van der Waals surface area contributed by atoms with Crippen LogP contribution in [0.25, 0.3) is 0 Å². The third-order valence-electron chi connectivity index (χ3n) is 11.3. The fraction of sp³-hybridized carbons (Fsp3) is 0.867. The third kappa shape index (κ3) is 4.27. The second-order valence-corrected chi connectivity index (χ2v) is 18.8. The van der Waals surface area contributed by atoms with E-state index in [1.165, 1.54) is 51.4 Å². The zero-order valence-electron chi connectivity index (χ0n) is 23.0. The first-order valence-corrected chi connectivity index (χ1v) is 17.0. The minimum atomic E-state index is -1.73. The summed E-state index contributed by atoms with van der Waals surface area (Å²) in [5.41, 5.74) is 4.16. The molecule has 2 nitrogen and oxygen atoms in total. The lowest BCUT2D eigenvalue weighted by Gasteiger charge is -2.56. The molecule has 0 aromatic carbocycles. The summed E-state index contributed by atoms with van der Waals surface area (Å²) in [6, 6.07) is 0. The topological polar surface area (TPSA) is 29.5 Å². The molecule has 7 atom stereocenters. The van der Waals surface area contributed by atoms with Crippen molar-refractivity contribution in [2.24, 2.45) is 34.5 Å². The highest BCUT2D eigenvalue weighted by Gasteiger charge is 2.57. The molecule has 4 aliphatic carbocycles.